The first-order valence-corrected chi connectivity index (χ1v) is 12.6. The molecule has 1 amide bonds. The van der Waals surface area contributed by atoms with Crippen molar-refractivity contribution >= 4 is 39.1 Å². The zero-order valence-electron chi connectivity index (χ0n) is 17.4. The second-order valence-corrected chi connectivity index (χ2v) is 10.5. The van der Waals surface area contributed by atoms with Crippen molar-refractivity contribution in [3.8, 4) is 0 Å². The minimum Gasteiger partial charge on any atom is -0.295 e. The molecule has 0 aliphatic carbocycles. The fourth-order valence-electron chi connectivity index (χ4n) is 3.54. The highest BCUT2D eigenvalue weighted by molar-refractivity contribution is 8.00. The Labute approximate surface area is 187 Å². The summed E-state index contributed by atoms with van der Waals surface area (Å²) < 4.78 is 28.0. The Morgan fingerprint density at radius 1 is 0.968 bits per heavy atom. The van der Waals surface area contributed by atoms with Gasteiger partial charge in [-0.3, -0.25) is 14.4 Å². The maximum atomic E-state index is 12.7. The number of nitrogens with zero attached hydrogens (tertiary/aromatic N) is 1. The van der Waals surface area contributed by atoms with Crippen LogP contribution >= 0.6 is 11.8 Å². The Balaban J connectivity index is 1.61. The smallest absolute Gasteiger partial charge is 0.261 e. The lowest BCUT2D eigenvalue weighted by Crippen LogP contribution is -2.27. The third-order valence-electron chi connectivity index (χ3n) is 5.18. The molecule has 1 heterocycles. The number of carbonyl (C=O) groups excluding carboxylic acids is 1. The molecule has 0 unspecified atom stereocenters. The van der Waals surface area contributed by atoms with E-state index in [0.29, 0.717) is 17.4 Å². The average molecular weight is 453 g/mol. The van der Waals surface area contributed by atoms with Crippen LogP contribution in [0.2, 0.25) is 0 Å². The van der Waals surface area contributed by atoms with Gasteiger partial charge in [-0.1, -0.05) is 56.3 Å². The van der Waals surface area contributed by atoms with Gasteiger partial charge in [-0.05, 0) is 53.4 Å². The van der Waals surface area contributed by atoms with Crippen LogP contribution in [0.25, 0.3) is 0 Å². The molecule has 31 heavy (non-hydrogen) atoms. The standard InChI is InChI=1S/C24H24N2O3S2/c1-17(2)18-11-13-21(14-12-18)26-23(27)16-30-24(26)19-7-6-8-20(15-19)25-31(28,29)22-9-4-3-5-10-22/h3-15,17,24-25H,16H2,1-2H3/t24-/m0/s1. The van der Waals surface area contributed by atoms with E-state index >= 15 is 0 Å². The molecule has 1 N–H and O–H groups in total. The molecule has 5 nitrogen and oxygen atoms in total. The van der Waals surface area contributed by atoms with Gasteiger partial charge in [0.05, 0.1) is 10.6 Å². The van der Waals surface area contributed by atoms with E-state index in [0.717, 1.165) is 11.3 Å². The molecule has 0 bridgehead atoms. The predicted molar refractivity (Wildman–Crippen MR) is 127 cm³/mol. The number of amides is 1. The maximum absolute atomic E-state index is 12.7. The van der Waals surface area contributed by atoms with Crippen molar-refractivity contribution in [3.05, 3.63) is 90.0 Å². The molecule has 160 valence electrons. The number of nitrogens with one attached hydrogen (secondary N) is 1. The summed E-state index contributed by atoms with van der Waals surface area (Å²) in [4.78, 5) is 14.7. The topological polar surface area (TPSA) is 66.5 Å². The number of thioether (sulfide) groups is 1. The number of hydrogen-bond acceptors (Lipinski definition) is 4. The first-order valence-electron chi connectivity index (χ1n) is 10.1. The number of carbonyl (C=O) groups is 1. The van der Waals surface area contributed by atoms with E-state index < -0.39 is 10.0 Å². The molecule has 4 rings (SSSR count). The molecule has 3 aromatic carbocycles. The van der Waals surface area contributed by atoms with Gasteiger partial charge in [0, 0.05) is 11.4 Å². The highest BCUT2D eigenvalue weighted by Crippen LogP contribution is 2.42. The van der Waals surface area contributed by atoms with Crippen LogP contribution in [0.1, 0.15) is 36.3 Å². The van der Waals surface area contributed by atoms with E-state index in [4.69, 9.17) is 0 Å². The molecule has 1 aliphatic heterocycles. The van der Waals surface area contributed by atoms with Crippen LogP contribution in [0.15, 0.2) is 83.8 Å². The third-order valence-corrected chi connectivity index (χ3v) is 7.79. The summed E-state index contributed by atoms with van der Waals surface area (Å²) in [5.74, 6) is 0.849. The van der Waals surface area contributed by atoms with Crippen molar-refractivity contribution in [1.82, 2.24) is 0 Å². The number of rotatable bonds is 6. The fourth-order valence-corrected chi connectivity index (χ4v) is 5.78. The summed E-state index contributed by atoms with van der Waals surface area (Å²) in [5.41, 5.74) is 3.41. The first kappa shape index (κ1) is 21.5. The molecule has 0 radical (unpaired) electrons. The van der Waals surface area contributed by atoms with Crippen LogP contribution in [0.5, 0.6) is 0 Å². The Morgan fingerprint density at radius 2 is 1.68 bits per heavy atom. The Morgan fingerprint density at radius 3 is 2.35 bits per heavy atom. The molecule has 3 aromatic rings. The van der Waals surface area contributed by atoms with Crippen LogP contribution in [-0.4, -0.2) is 20.1 Å². The molecule has 1 saturated heterocycles. The van der Waals surface area contributed by atoms with Crippen molar-refractivity contribution in [1.29, 1.82) is 0 Å². The maximum Gasteiger partial charge on any atom is 0.261 e. The van der Waals surface area contributed by atoms with E-state index in [1.165, 1.54) is 17.3 Å². The second kappa shape index (κ2) is 8.77. The Bertz CT molecular complexity index is 1180. The van der Waals surface area contributed by atoms with Gasteiger partial charge >= 0.3 is 0 Å². The molecule has 1 aliphatic rings. The molecule has 0 spiro atoms. The summed E-state index contributed by atoms with van der Waals surface area (Å²) in [6, 6.07) is 23.6. The van der Waals surface area contributed by atoms with E-state index in [9.17, 15) is 13.2 Å². The van der Waals surface area contributed by atoms with E-state index in [1.54, 1.807) is 47.4 Å². The van der Waals surface area contributed by atoms with Crippen molar-refractivity contribution in [2.75, 3.05) is 15.4 Å². The van der Waals surface area contributed by atoms with Gasteiger partial charge in [0.2, 0.25) is 5.91 Å². The predicted octanol–water partition coefficient (Wildman–Crippen LogP) is 5.39. The minimum absolute atomic E-state index is 0.0440. The van der Waals surface area contributed by atoms with Crippen LogP contribution in [0, 0.1) is 0 Å². The monoisotopic (exact) mass is 452 g/mol. The summed E-state index contributed by atoms with van der Waals surface area (Å²) >= 11 is 1.54. The SMILES string of the molecule is CC(C)c1ccc(N2C(=O)CS[C@H]2c2cccc(NS(=O)(=O)c3ccccc3)c2)cc1. The lowest BCUT2D eigenvalue weighted by atomic mass is 10.0. The Hall–Kier alpha value is -2.77. The summed E-state index contributed by atoms with van der Waals surface area (Å²) in [6.45, 7) is 4.27. The van der Waals surface area contributed by atoms with Gasteiger partial charge in [-0.25, -0.2) is 8.42 Å². The largest absolute Gasteiger partial charge is 0.295 e. The zero-order chi connectivity index (χ0) is 22.0. The number of hydrogen-bond donors (Lipinski definition) is 1. The molecule has 0 saturated carbocycles. The fraction of sp³-hybridized carbons (Fsp3) is 0.208. The van der Waals surface area contributed by atoms with Crippen LogP contribution in [0.3, 0.4) is 0 Å². The van der Waals surface area contributed by atoms with E-state index in [2.05, 4.69) is 30.7 Å². The van der Waals surface area contributed by atoms with Gasteiger partial charge < -0.3 is 0 Å². The zero-order valence-corrected chi connectivity index (χ0v) is 19.0. The third kappa shape index (κ3) is 4.62. The van der Waals surface area contributed by atoms with Crippen molar-refractivity contribution < 1.29 is 13.2 Å². The van der Waals surface area contributed by atoms with Crippen molar-refractivity contribution in [2.45, 2.75) is 30.0 Å². The van der Waals surface area contributed by atoms with Gasteiger partial charge in [0.15, 0.2) is 0 Å². The van der Waals surface area contributed by atoms with Crippen LogP contribution in [-0.2, 0) is 14.8 Å². The first-order chi connectivity index (χ1) is 14.8. The lowest BCUT2D eigenvalue weighted by Gasteiger charge is -2.25. The number of anilines is 2. The molecule has 1 atom stereocenters. The normalized spacial score (nSPS) is 16.7. The van der Waals surface area contributed by atoms with Gasteiger partial charge in [-0.2, -0.15) is 0 Å². The summed E-state index contributed by atoms with van der Waals surface area (Å²) in [7, 11) is -3.68. The molecule has 1 fully saturated rings. The quantitative estimate of drug-likeness (QED) is 0.545. The molecule has 0 aromatic heterocycles. The van der Waals surface area contributed by atoms with E-state index in [-0.39, 0.29) is 16.2 Å². The molecule has 7 heteroatoms. The average Bonchev–Trinajstić information content (AvgIpc) is 3.16. The van der Waals surface area contributed by atoms with Crippen LogP contribution in [0.4, 0.5) is 11.4 Å². The van der Waals surface area contributed by atoms with Crippen molar-refractivity contribution in [2.24, 2.45) is 0 Å². The summed E-state index contributed by atoms with van der Waals surface area (Å²) in [5, 5.41) is -0.210. The number of sulfonamides is 1. The van der Waals surface area contributed by atoms with Crippen LogP contribution < -0.4 is 9.62 Å². The van der Waals surface area contributed by atoms with Gasteiger partial charge in [0.25, 0.3) is 10.0 Å². The molecular formula is C24H24N2O3S2. The lowest BCUT2D eigenvalue weighted by molar-refractivity contribution is -0.115. The van der Waals surface area contributed by atoms with Crippen molar-refractivity contribution in [3.63, 3.8) is 0 Å². The minimum atomic E-state index is -3.68. The van der Waals surface area contributed by atoms with Gasteiger partial charge in [0.1, 0.15) is 5.37 Å². The highest BCUT2D eigenvalue weighted by Gasteiger charge is 2.34. The second-order valence-electron chi connectivity index (χ2n) is 7.72. The molecular weight excluding hydrogens is 428 g/mol. The number of benzene rings is 3. The van der Waals surface area contributed by atoms with Gasteiger partial charge in [-0.15, -0.1) is 11.8 Å². The Kier molecular flexibility index (Phi) is 6.07. The van der Waals surface area contributed by atoms with E-state index in [1.807, 2.05) is 24.3 Å². The summed E-state index contributed by atoms with van der Waals surface area (Å²) in [6.07, 6.45) is 0. The highest BCUT2D eigenvalue weighted by atomic mass is 32.2.